The maximum absolute atomic E-state index is 4.37. The predicted molar refractivity (Wildman–Crippen MR) is 84.8 cm³/mol. The van der Waals surface area contributed by atoms with Crippen LogP contribution in [0.5, 0.6) is 0 Å². The first-order valence-electron chi connectivity index (χ1n) is 7.85. The SMILES string of the molecule is CC(C)C(CNc1ccc2nnnn2n1)N1CCN(C)CC1. The van der Waals surface area contributed by atoms with Crippen LogP contribution in [0.1, 0.15) is 13.8 Å². The minimum Gasteiger partial charge on any atom is -0.367 e. The van der Waals surface area contributed by atoms with E-state index in [2.05, 4.69) is 56.6 Å². The van der Waals surface area contributed by atoms with Crippen molar-refractivity contribution in [3.8, 4) is 0 Å². The van der Waals surface area contributed by atoms with Crippen LogP contribution in [0.4, 0.5) is 5.82 Å². The molecule has 1 fully saturated rings. The first kappa shape index (κ1) is 15.1. The molecule has 0 aliphatic carbocycles. The number of nitrogens with zero attached hydrogens (tertiary/aromatic N) is 7. The summed E-state index contributed by atoms with van der Waals surface area (Å²) in [7, 11) is 2.19. The van der Waals surface area contributed by atoms with Crippen molar-refractivity contribution >= 4 is 11.5 Å². The smallest absolute Gasteiger partial charge is 0.200 e. The first-order valence-corrected chi connectivity index (χ1v) is 7.85. The second-order valence-corrected chi connectivity index (χ2v) is 6.28. The first-order chi connectivity index (χ1) is 10.6. The number of tetrazole rings is 1. The number of hydrogen-bond donors (Lipinski definition) is 1. The summed E-state index contributed by atoms with van der Waals surface area (Å²) < 4.78 is 1.45. The van der Waals surface area contributed by atoms with E-state index in [0.29, 0.717) is 17.6 Å². The molecule has 0 bridgehead atoms. The van der Waals surface area contributed by atoms with Crippen LogP contribution >= 0.6 is 0 Å². The Bertz CT molecular complexity index is 602. The van der Waals surface area contributed by atoms with Crippen molar-refractivity contribution in [1.29, 1.82) is 0 Å². The van der Waals surface area contributed by atoms with Crippen LogP contribution in [-0.4, -0.2) is 80.9 Å². The van der Waals surface area contributed by atoms with Crippen molar-refractivity contribution in [2.24, 2.45) is 5.92 Å². The molecule has 0 spiro atoms. The molecule has 1 aliphatic heterocycles. The van der Waals surface area contributed by atoms with Crippen LogP contribution in [0.25, 0.3) is 5.65 Å². The van der Waals surface area contributed by atoms with E-state index in [1.165, 1.54) is 4.63 Å². The Morgan fingerprint density at radius 3 is 2.68 bits per heavy atom. The van der Waals surface area contributed by atoms with E-state index in [4.69, 9.17) is 0 Å². The highest BCUT2D eigenvalue weighted by Gasteiger charge is 2.24. The zero-order valence-corrected chi connectivity index (χ0v) is 13.5. The van der Waals surface area contributed by atoms with Crippen LogP contribution in [0.15, 0.2) is 12.1 Å². The average molecular weight is 304 g/mol. The quantitative estimate of drug-likeness (QED) is 0.846. The van der Waals surface area contributed by atoms with Gasteiger partial charge in [-0.3, -0.25) is 4.90 Å². The third kappa shape index (κ3) is 3.33. The van der Waals surface area contributed by atoms with Gasteiger partial charge in [-0.05, 0) is 35.5 Å². The molecular weight excluding hydrogens is 280 g/mol. The van der Waals surface area contributed by atoms with E-state index in [1.807, 2.05) is 12.1 Å². The summed E-state index contributed by atoms with van der Waals surface area (Å²) >= 11 is 0. The zero-order valence-electron chi connectivity index (χ0n) is 13.5. The molecule has 2 aromatic heterocycles. The van der Waals surface area contributed by atoms with Gasteiger partial charge in [-0.2, -0.15) is 0 Å². The summed E-state index contributed by atoms with van der Waals surface area (Å²) in [6.45, 7) is 9.96. The van der Waals surface area contributed by atoms with Crippen molar-refractivity contribution in [1.82, 2.24) is 35.1 Å². The Hall–Kier alpha value is -1.80. The second kappa shape index (κ2) is 6.53. The maximum atomic E-state index is 4.37. The Balaban J connectivity index is 1.63. The van der Waals surface area contributed by atoms with Crippen LogP contribution in [0, 0.1) is 5.92 Å². The molecule has 0 amide bonds. The Morgan fingerprint density at radius 1 is 1.18 bits per heavy atom. The molecule has 0 aromatic carbocycles. The molecule has 1 atom stereocenters. The minimum absolute atomic E-state index is 0.500. The van der Waals surface area contributed by atoms with Crippen LogP contribution in [-0.2, 0) is 0 Å². The highest BCUT2D eigenvalue weighted by molar-refractivity contribution is 5.42. The summed E-state index contributed by atoms with van der Waals surface area (Å²) in [6, 6.07) is 4.29. The Kier molecular flexibility index (Phi) is 4.49. The molecule has 22 heavy (non-hydrogen) atoms. The molecule has 2 aromatic rings. The van der Waals surface area contributed by atoms with E-state index < -0.39 is 0 Å². The standard InChI is InChI=1S/C14H24N8/c1-11(2)12(21-8-6-20(3)7-9-21)10-15-13-4-5-14-16-18-19-22(14)17-13/h4-5,11-12H,6-10H2,1-3H3,(H,15,17). The lowest BCUT2D eigenvalue weighted by Crippen LogP contribution is -2.52. The van der Waals surface area contributed by atoms with Gasteiger partial charge in [0, 0.05) is 38.8 Å². The van der Waals surface area contributed by atoms with Gasteiger partial charge in [0.05, 0.1) is 0 Å². The van der Waals surface area contributed by atoms with E-state index in [9.17, 15) is 0 Å². The lowest BCUT2D eigenvalue weighted by atomic mass is 10.0. The van der Waals surface area contributed by atoms with Gasteiger partial charge in [-0.1, -0.05) is 13.8 Å². The predicted octanol–water partition coefficient (Wildman–Crippen LogP) is 0.203. The third-order valence-electron chi connectivity index (χ3n) is 4.34. The molecule has 1 N–H and O–H groups in total. The normalized spacial score (nSPS) is 18.9. The number of rotatable bonds is 5. The molecule has 120 valence electrons. The average Bonchev–Trinajstić information content (AvgIpc) is 2.96. The van der Waals surface area contributed by atoms with Gasteiger partial charge < -0.3 is 10.2 Å². The molecule has 3 rings (SSSR count). The van der Waals surface area contributed by atoms with Gasteiger partial charge >= 0.3 is 0 Å². The molecule has 0 saturated carbocycles. The largest absolute Gasteiger partial charge is 0.367 e. The number of piperazine rings is 1. The number of nitrogens with one attached hydrogen (secondary N) is 1. The molecule has 1 saturated heterocycles. The fraction of sp³-hybridized carbons (Fsp3) is 0.714. The fourth-order valence-corrected chi connectivity index (χ4v) is 2.89. The van der Waals surface area contributed by atoms with Gasteiger partial charge in [0.25, 0.3) is 0 Å². The summed E-state index contributed by atoms with van der Waals surface area (Å²) in [5, 5.41) is 19.1. The maximum Gasteiger partial charge on any atom is 0.200 e. The number of likely N-dealkylation sites (N-methyl/N-ethyl adjacent to an activating group) is 1. The van der Waals surface area contributed by atoms with Crippen molar-refractivity contribution in [2.45, 2.75) is 19.9 Å². The topological polar surface area (TPSA) is 74.5 Å². The van der Waals surface area contributed by atoms with E-state index in [0.717, 1.165) is 38.5 Å². The van der Waals surface area contributed by atoms with Crippen LogP contribution in [0.2, 0.25) is 0 Å². The van der Waals surface area contributed by atoms with Gasteiger partial charge in [0.2, 0.25) is 0 Å². The summed E-state index contributed by atoms with van der Waals surface area (Å²) in [5.41, 5.74) is 0.657. The molecular formula is C14H24N8. The summed E-state index contributed by atoms with van der Waals surface area (Å²) in [5.74, 6) is 1.40. The van der Waals surface area contributed by atoms with Gasteiger partial charge in [0.15, 0.2) is 5.65 Å². The number of aromatic nitrogens is 5. The Labute approximate surface area is 130 Å². The molecule has 0 radical (unpaired) electrons. The molecule has 3 heterocycles. The highest BCUT2D eigenvalue weighted by atomic mass is 15.6. The lowest BCUT2D eigenvalue weighted by molar-refractivity contribution is 0.0944. The molecule has 1 unspecified atom stereocenters. The van der Waals surface area contributed by atoms with Gasteiger partial charge in [0.1, 0.15) is 5.82 Å². The van der Waals surface area contributed by atoms with Crippen molar-refractivity contribution in [2.75, 3.05) is 45.1 Å². The van der Waals surface area contributed by atoms with Crippen molar-refractivity contribution in [3.05, 3.63) is 12.1 Å². The van der Waals surface area contributed by atoms with E-state index in [1.54, 1.807) is 0 Å². The van der Waals surface area contributed by atoms with Crippen LogP contribution < -0.4 is 5.32 Å². The van der Waals surface area contributed by atoms with Crippen molar-refractivity contribution in [3.63, 3.8) is 0 Å². The van der Waals surface area contributed by atoms with Crippen LogP contribution in [0.3, 0.4) is 0 Å². The fourth-order valence-electron chi connectivity index (χ4n) is 2.89. The van der Waals surface area contributed by atoms with Gasteiger partial charge in [-0.25, -0.2) is 0 Å². The summed E-state index contributed by atoms with van der Waals surface area (Å²) in [4.78, 5) is 4.96. The number of fused-ring (bicyclic) bond motifs is 1. The number of hydrogen-bond acceptors (Lipinski definition) is 7. The molecule has 1 aliphatic rings. The second-order valence-electron chi connectivity index (χ2n) is 6.28. The van der Waals surface area contributed by atoms with E-state index >= 15 is 0 Å². The monoisotopic (exact) mass is 304 g/mol. The van der Waals surface area contributed by atoms with Gasteiger partial charge in [-0.15, -0.1) is 14.8 Å². The Morgan fingerprint density at radius 2 is 1.95 bits per heavy atom. The number of anilines is 1. The third-order valence-corrected chi connectivity index (χ3v) is 4.34. The highest BCUT2D eigenvalue weighted by Crippen LogP contribution is 2.14. The summed E-state index contributed by atoms with van der Waals surface area (Å²) in [6.07, 6.45) is 0. The lowest BCUT2D eigenvalue weighted by Gasteiger charge is -2.40. The minimum atomic E-state index is 0.500. The molecule has 8 nitrogen and oxygen atoms in total. The van der Waals surface area contributed by atoms with Crippen molar-refractivity contribution < 1.29 is 0 Å². The van der Waals surface area contributed by atoms with E-state index in [-0.39, 0.29) is 0 Å². The molecule has 8 heteroatoms. The zero-order chi connectivity index (χ0) is 15.5.